The molecule has 0 aromatic heterocycles. The zero-order valence-electron chi connectivity index (χ0n) is 9.47. The fraction of sp³-hybridized carbons (Fsp3) is 0.900. The average molecular weight is 217 g/mol. The van der Waals surface area contributed by atoms with E-state index in [4.69, 9.17) is 14.6 Å². The van der Waals surface area contributed by atoms with Gasteiger partial charge in [0.05, 0.1) is 12.2 Å². The Morgan fingerprint density at radius 2 is 1.87 bits per heavy atom. The van der Waals surface area contributed by atoms with Crippen LogP contribution in [0, 0.1) is 0 Å². The third kappa shape index (κ3) is 2.68. The molecule has 0 spiro atoms. The molecule has 1 aliphatic heterocycles. The Balaban J connectivity index is 2.62. The second-order valence-electron chi connectivity index (χ2n) is 3.76. The normalized spacial score (nSPS) is 29.3. The fourth-order valence-corrected chi connectivity index (χ4v) is 2.07. The average Bonchev–Trinajstić information content (AvgIpc) is 2.61. The van der Waals surface area contributed by atoms with Crippen molar-refractivity contribution < 1.29 is 19.4 Å². The van der Waals surface area contributed by atoms with E-state index in [0.29, 0.717) is 19.5 Å². The van der Waals surface area contributed by atoms with Crippen molar-refractivity contribution in [2.75, 3.05) is 27.3 Å². The van der Waals surface area contributed by atoms with Crippen LogP contribution in [-0.4, -0.2) is 61.5 Å². The third-order valence-corrected chi connectivity index (χ3v) is 2.96. The van der Waals surface area contributed by atoms with Gasteiger partial charge >= 0.3 is 5.97 Å². The first-order valence-electron chi connectivity index (χ1n) is 5.16. The molecule has 3 atom stereocenters. The van der Waals surface area contributed by atoms with Crippen molar-refractivity contribution in [1.82, 2.24) is 4.90 Å². The van der Waals surface area contributed by atoms with Crippen molar-refractivity contribution in [3.05, 3.63) is 0 Å². The molecule has 3 unspecified atom stereocenters. The lowest BCUT2D eigenvalue weighted by Crippen LogP contribution is -2.40. The minimum absolute atomic E-state index is 0.0246. The number of carboxylic acid groups (broad SMARTS) is 1. The number of rotatable bonds is 5. The Bertz CT molecular complexity index is 209. The zero-order valence-corrected chi connectivity index (χ0v) is 9.47. The van der Waals surface area contributed by atoms with Gasteiger partial charge < -0.3 is 14.6 Å². The topological polar surface area (TPSA) is 59.0 Å². The van der Waals surface area contributed by atoms with Gasteiger partial charge in [-0.1, -0.05) is 6.92 Å². The molecule has 1 aliphatic rings. The lowest BCUT2D eigenvalue weighted by atomic mass is 10.2. The van der Waals surface area contributed by atoms with Gasteiger partial charge in [0.1, 0.15) is 6.04 Å². The number of hydrogen-bond acceptors (Lipinski definition) is 4. The van der Waals surface area contributed by atoms with Gasteiger partial charge in [0, 0.05) is 27.3 Å². The highest BCUT2D eigenvalue weighted by atomic mass is 16.5. The first-order valence-corrected chi connectivity index (χ1v) is 5.16. The SMILES string of the molecule is CCC(C(=O)O)N1CC(OC)C(OC)C1. The van der Waals surface area contributed by atoms with Gasteiger partial charge in [-0.25, -0.2) is 0 Å². The molecule has 88 valence electrons. The minimum atomic E-state index is -0.774. The Morgan fingerprint density at radius 1 is 1.40 bits per heavy atom. The van der Waals surface area contributed by atoms with Crippen LogP contribution < -0.4 is 0 Å². The molecule has 1 rings (SSSR count). The molecule has 0 aliphatic carbocycles. The molecule has 1 fully saturated rings. The second kappa shape index (κ2) is 5.44. The summed E-state index contributed by atoms with van der Waals surface area (Å²) in [6.07, 6.45) is 0.550. The van der Waals surface area contributed by atoms with E-state index in [2.05, 4.69) is 0 Å². The van der Waals surface area contributed by atoms with E-state index in [9.17, 15) is 4.79 Å². The number of likely N-dealkylation sites (tertiary alicyclic amines) is 1. The molecule has 0 aromatic rings. The summed E-state index contributed by atoms with van der Waals surface area (Å²) in [4.78, 5) is 12.9. The number of methoxy groups -OCH3 is 2. The Kier molecular flexibility index (Phi) is 4.50. The number of hydrogen-bond donors (Lipinski definition) is 1. The smallest absolute Gasteiger partial charge is 0.320 e. The molecule has 5 heteroatoms. The van der Waals surface area contributed by atoms with Gasteiger partial charge in [0.2, 0.25) is 0 Å². The standard InChI is InChI=1S/C10H19NO4/c1-4-7(10(12)13)11-5-8(14-2)9(6-11)15-3/h7-9H,4-6H2,1-3H3,(H,12,13). The van der Waals surface area contributed by atoms with Crippen LogP contribution in [0.1, 0.15) is 13.3 Å². The minimum Gasteiger partial charge on any atom is -0.480 e. The van der Waals surface area contributed by atoms with Gasteiger partial charge in [-0.2, -0.15) is 0 Å². The summed E-state index contributed by atoms with van der Waals surface area (Å²) < 4.78 is 10.5. The van der Waals surface area contributed by atoms with E-state index < -0.39 is 12.0 Å². The molecule has 0 radical (unpaired) electrons. The van der Waals surface area contributed by atoms with Crippen LogP contribution in [0.25, 0.3) is 0 Å². The summed E-state index contributed by atoms with van der Waals surface area (Å²) in [6, 6.07) is -0.428. The summed E-state index contributed by atoms with van der Waals surface area (Å²) in [6.45, 7) is 3.13. The van der Waals surface area contributed by atoms with Gasteiger partial charge in [-0.15, -0.1) is 0 Å². The molecule has 0 bridgehead atoms. The lowest BCUT2D eigenvalue weighted by Gasteiger charge is -2.22. The number of ether oxygens (including phenoxy) is 2. The van der Waals surface area contributed by atoms with E-state index >= 15 is 0 Å². The summed E-state index contributed by atoms with van der Waals surface area (Å²) in [5.74, 6) is -0.774. The molecule has 5 nitrogen and oxygen atoms in total. The fourth-order valence-electron chi connectivity index (χ4n) is 2.07. The maximum Gasteiger partial charge on any atom is 0.320 e. The molecule has 0 saturated carbocycles. The van der Waals surface area contributed by atoms with E-state index in [1.807, 2.05) is 11.8 Å². The molecule has 0 amide bonds. The summed E-state index contributed by atoms with van der Waals surface area (Å²) >= 11 is 0. The summed E-state index contributed by atoms with van der Waals surface area (Å²) in [7, 11) is 3.25. The van der Waals surface area contributed by atoms with E-state index in [1.165, 1.54) is 0 Å². The van der Waals surface area contributed by atoms with E-state index in [1.54, 1.807) is 14.2 Å². The van der Waals surface area contributed by atoms with Crippen molar-refractivity contribution in [2.24, 2.45) is 0 Å². The highest BCUT2D eigenvalue weighted by Gasteiger charge is 2.38. The van der Waals surface area contributed by atoms with Crippen molar-refractivity contribution in [3.63, 3.8) is 0 Å². The predicted molar refractivity (Wildman–Crippen MR) is 54.9 cm³/mol. The molecular weight excluding hydrogens is 198 g/mol. The van der Waals surface area contributed by atoms with Crippen LogP contribution in [0.15, 0.2) is 0 Å². The Morgan fingerprint density at radius 3 is 2.13 bits per heavy atom. The summed E-state index contributed by atoms with van der Waals surface area (Å²) in [5, 5.41) is 9.03. The largest absolute Gasteiger partial charge is 0.480 e. The van der Waals surface area contributed by atoms with Crippen molar-refractivity contribution in [3.8, 4) is 0 Å². The first-order chi connectivity index (χ1) is 7.13. The first kappa shape index (κ1) is 12.4. The van der Waals surface area contributed by atoms with Crippen LogP contribution in [0.4, 0.5) is 0 Å². The van der Waals surface area contributed by atoms with Crippen LogP contribution in [0.2, 0.25) is 0 Å². The number of aliphatic carboxylic acids is 1. The van der Waals surface area contributed by atoms with Gasteiger partial charge in [0.25, 0.3) is 0 Å². The Hall–Kier alpha value is -0.650. The highest BCUT2D eigenvalue weighted by Crippen LogP contribution is 2.19. The Labute approximate surface area is 90.0 Å². The van der Waals surface area contributed by atoms with Gasteiger partial charge in [-0.05, 0) is 6.42 Å². The van der Waals surface area contributed by atoms with E-state index in [0.717, 1.165) is 0 Å². The molecular formula is C10H19NO4. The van der Waals surface area contributed by atoms with Gasteiger partial charge in [-0.3, -0.25) is 9.69 Å². The maximum absolute atomic E-state index is 11.0. The predicted octanol–water partition coefficient (Wildman–Crippen LogP) is 0.195. The second-order valence-corrected chi connectivity index (χ2v) is 3.76. The van der Waals surface area contributed by atoms with Crippen LogP contribution in [0.3, 0.4) is 0 Å². The summed E-state index contributed by atoms with van der Waals surface area (Å²) in [5.41, 5.74) is 0. The van der Waals surface area contributed by atoms with Crippen molar-refractivity contribution >= 4 is 5.97 Å². The van der Waals surface area contributed by atoms with Crippen LogP contribution in [0.5, 0.6) is 0 Å². The maximum atomic E-state index is 11.0. The lowest BCUT2D eigenvalue weighted by molar-refractivity contribution is -0.143. The monoisotopic (exact) mass is 217 g/mol. The third-order valence-electron chi connectivity index (χ3n) is 2.96. The van der Waals surface area contributed by atoms with Crippen LogP contribution in [-0.2, 0) is 14.3 Å². The quantitative estimate of drug-likeness (QED) is 0.712. The zero-order chi connectivity index (χ0) is 11.4. The van der Waals surface area contributed by atoms with Crippen LogP contribution >= 0.6 is 0 Å². The highest BCUT2D eigenvalue weighted by molar-refractivity contribution is 5.73. The molecule has 0 aromatic carbocycles. The van der Waals surface area contributed by atoms with Gasteiger partial charge in [0.15, 0.2) is 0 Å². The number of carbonyl (C=O) groups is 1. The molecule has 15 heavy (non-hydrogen) atoms. The van der Waals surface area contributed by atoms with E-state index in [-0.39, 0.29) is 12.2 Å². The number of nitrogens with zero attached hydrogens (tertiary/aromatic N) is 1. The molecule has 1 heterocycles. The van der Waals surface area contributed by atoms with Crippen molar-refractivity contribution in [1.29, 1.82) is 0 Å². The van der Waals surface area contributed by atoms with Crippen molar-refractivity contribution in [2.45, 2.75) is 31.6 Å². The number of carboxylic acids is 1. The molecule has 1 saturated heterocycles. The molecule has 1 N–H and O–H groups in total.